The Labute approximate surface area is 323 Å². The highest BCUT2D eigenvalue weighted by atomic mass is 35.5. The lowest BCUT2D eigenvalue weighted by Crippen LogP contribution is -2.55. The van der Waals surface area contributed by atoms with Gasteiger partial charge in [-0.3, -0.25) is 14.5 Å². The van der Waals surface area contributed by atoms with Gasteiger partial charge in [-0.1, -0.05) is 79.3 Å². The van der Waals surface area contributed by atoms with Gasteiger partial charge >= 0.3 is 0 Å². The minimum atomic E-state index is -2.32. The number of rotatable bonds is 9. The van der Waals surface area contributed by atoms with Crippen LogP contribution in [0.5, 0.6) is 5.75 Å². The molecule has 3 saturated heterocycles. The molecule has 9 nitrogen and oxygen atoms in total. The highest BCUT2D eigenvalue weighted by molar-refractivity contribution is 6.91. The molecule has 2 N–H and O–H groups in total. The van der Waals surface area contributed by atoms with E-state index >= 15 is 4.79 Å². The zero-order chi connectivity index (χ0) is 37.8. The molecule has 3 fully saturated rings. The number of methoxy groups -OCH3 is 1. The smallest absolute Gasteiger partial charge is 0.264 e. The predicted octanol–water partition coefficient (Wildman–Crippen LogP) is 6.43. The number of carbonyl (C=O) groups excluding carboxylic acids is 2. The van der Waals surface area contributed by atoms with Crippen molar-refractivity contribution in [2.75, 3.05) is 48.2 Å². The Morgan fingerprint density at radius 1 is 0.926 bits per heavy atom. The molecule has 8 rings (SSSR count). The van der Waals surface area contributed by atoms with E-state index in [0.717, 1.165) is 59.9 Å². The Morgan fingerprint density at radius 3 is 2.35 bits per heavy atom. The normalized spacial score (nSPS) is 24.9. The molecule has 2 amide bonds. The summed E-state index contributed by atoms with van der Waals surface area (Å²) in [5.74, 6) is 0.583. The standard InChI is InChI=1S/C43H49ClN4O5Si/c1-29-39(54(3,4)35-16-14-34(52-2)15-17-35)38(19-24-49)53-43(29)36-26-31(44)13-18-37(36)46(41(43)51)27-30-9-8-12-33(25-30)47-28-48(32-10-6-5-7-11-32)42(40(47)50)20-22-45-23-21-42/h5-18,25-26,29,38-39,45,49H,19-24,27-28H2,1-4H3/t29-,38+,39-,43+/m1/s1. The molecule has 2 spiro atoms. The van der Waals surface area contributed by atoms with Crippen LogP contribution < -0.4 is 29.9 Å². The zero-order valence-corrected chi connectivity index (χ0v) is 33.2. The number of hydrogen-bond donors (Lipinski definition) is 2. The molecule has 4 heterocycles. The number of carbonyl (C=O) groups is 2. The van der Waals surface area contributed by atoms with Crippen molar-refractivity contribution < 1.29 is 24.2 Å². The number of amides is 2. The van der Waals surface area contributed by atoms with Crippen molar-refractivity contribution in [1.29, 1.82) is 0 Å². The number of nitrogens with zero attached hydrogens (tertiary/aromatic N) is 3. The summed E-state index contributed by atoms with van der Waals surface area (Å²) in [5, 5.41) is 15.5. The molecular formula is C43H49ClN4O5Si. The lowest BCUT2D eigenvalue weighted by atomic mass is 9.82. The van der Waals surface area contributed by atoms with E-state index in [-0.39, 0.29) is 36.0 Å². The van der Waals surface area contributed by atoms with E-state index in [1.807, 2.05) is 82.6 Å². The Morgan fingerprint density at radius 2 is 1.65 bits per heavy atom. The number of aliphatic hydroxyl groups excluding tert-OH is 1. The number of piperidine rings is 1. The van der Waals surface area contributed by atoms with Crippen molar-refractivity contribution in [2.45, 2.75) is 68.6 Å². The second-order valence-electron chi connectivity index (χ2n) is 15.8. The Kier molecular flexibility index (Phi) is 9.63. The lowest BCUT2D eigenvalue weighted by Gasteiger charge is -2.39. The molecule has 4 aromatic rings. The van der Waals surface area contributed by atoms with Crippen LogP contribution >= 0.6 is 11.6 Å². The van der Waals surface area contributed by atoms with E-state index in [2.05, 4.69) is 54.5 Å². The molecule has 4 atom stereocenters. The van der Waals surface area contributed by atoms with Crippen LogP contribution in [0.15, 0.2) is 97.1 Å². The topological polar surface area (TPSA) is 94.6 Å². The summed E-state index contributed by atoms with van der Waals surface area (Å²) in [6, 6.07) is 32.1. The number of nitrogens with one attached hydrogen (secondary N) is 1. The van der Waals surface area contributed by atoms with Gasteiger partial charge in [0.25, 0.3) is 11.8 Å². The highest BCUT2D eigenvalue weighted by Gasteiger charge is 2.66. The summed E-state index contributed by atoms with van der Waals surface area (Å²) in [6.45, 7) is 9.07. The molecular weight excluding hydrogens is 716 g/mol. The van der Waals surface area contributed by atoms with Gasteiger partial charge in [0.15, 0.2) is 5.60 Å². The molecule has 4 aliphatic rings. The number of ether oxygens (including phenoxy) is 2. The molecule has 4 aliphatic heterocycles. The summed E-state index contributed by atoms with van der Waals surface area (Å²) < 4.78 is 12.5. The first-order chi connectivity index (χ1) is 26.0. The van der Waals surface area contributed by atoms with Crippen LogP contribution in [0, 0.1) is 5.92 Å². The van der Waals surface area contributed by atoms with Gasteiger partial charge in [-0.25, -0.2) is 0 Å². The first kappa shape index (κ1) is 36.8. The minimum absolute atomic E-state index is 0.0214. The molecule has 54 heavy (non-hydrogen) atoms. The highest BCUT2D eigenvalue weighted by Crippen LogP contribution is 2.60. The minimum Gasteiger partial charge on any atom is -0.497 e. The summed E-state index contributed by atoms with van der Waals surface area (Å²) in [5.41, 5.74) is 2.45. The second-order valence-corrected chi connectivity index (χ2v) is 20.9. The quantitative estimate of drug-likeness (QED) is 0.190. The van der Waals surface area contributed by atoms with E-state index in [1.54, 1.807) is 7.11 Å². The van der Waals surface area contributed by atoms with Crippen LogP contribution in [0.4, 0.5) is 17.1 Å². The zero-order valence-electron chi connectivity index (χ0n) is 31.4. The first-order valence-corrected chi connectivity index (χ1v) is 22.5. The Hall–Kier alpha value is -4.19. The maximum atomic E-state index is 15.2. The summed E-state index contributed by atoms with van der Waals surface area (Å²) in [7, 11) is -0.653. The van der Waals surface area contributed by atoms with Gasteiger partial charge in [0.05, 0.1) is 40.2 Å². The Balaban J connectivity index is 1.13. The Bertz CT molecular complexity index is 2040. The number of para-hydroxylation sites is 1. The molecule has 0 saturated carbocycles. The number of aliphatic hydroxyl groups is 1. The molecule has 0 radical (unpaired) electrons. The maximum absolute atomic E-state index is 15.2. The van der Waals surface area contributed by atoms with Crippen molar-refractivity contribution in [3.63, 3.8) is 0 Å². The fourth-order valence-corrected chi connectivity index (χ4v) is 14.2. The number of halogens is 1. The van der Waals surface area contributed by atoms with E-state index in [4.69, 9.17) is 21.1 Å². The molecule has 4 aromatic carbocycles. The fraction of sp³-hybridized carbons (Fsp3) is 0.395. The number of anilines is 3. The van der Waals surface area contributed by atoms with E-state index in [0.29, 0.717) is 24.7 Å². The third-order valence-corrected chi connectivity index (χ3v) is 17.3. The predicted molar refractivity (Wildman–Crippen MR) is 216 cm³/mol. The third-order valence-electron chi connectivity index (χ3n) is 12.7. The van der Waals surface area contributed by atoms with Crippen LogP contribution in [-0.2, 0) is 26.5 Å². The molecule has 0 unspecified atom stereocenters. The van der Waals surface area contributed by atoms with Gasteiger partial charge in [-0.15, -0.1) is 0 Å². The largest absolute Gasteiger partial charge is 0.497 e. The average molecular weight is 765 g/mol. The van der Waals surface area contributed by atoms with Gasteiger partial charge in [0.1, 0.15) is 11.3 Å². The van der Waals surface area contributed by atoms with E-state index in [1.165, 1.54) is 5.19 Å². The third kappa shape index (κ3) is 5.76. The van der Waals surface area contributed by atoms with Crippen molar-refractivity contribution in [3.05, 3.63) is 113 Å². The van der Waals surface area contributed by atoms with Crippen LogP contribution in [0.3, 0.4) is 0 Å². The van der Waals surface area contributed by atoms with E-state index < -0.39 is 19.2 Å². The van der Waals surface area contributed by atoms with Crippen LogP contribution in [-0.4, -0.2) is 70.1 Å². The molecule has 0 aliphatic carbocycles. The number of fused-ring (bicyclic) bond motifs is 2. The van der Waals surface area contributed by atoms with Gasteiger partial charge in [0, 0.05) is 34.5 Å². The first-order valence-electron chi connectivity index (χ1n) is 19.0. The lowest BCUT2D eigenvalue weighted by molar-refractivity contribution is -0.146. The number of hydrogen-bond acceptors (Lipinski definition) is 7. The molecule has 282 valence electrons. The van der Waals surface area contributed by atoms with Crippen molar-refractivity contribution in [1.82, 2.24) is 5.32 Å². The summed E-state index contributed by atoms with van der Waals surface area (Å²) in [4.78, 5) is 35.6. The van der Waals surface area contributed by atoms with Crippen LogP contribution in [0.2, 0.25) is 23.7 Å². The summed E-state index contributed by atoms with van der Waals surface area (Å²) in [6.07, 6.45) is 1.56. The number of benzene rings is 4. The van der Waals surface area contributed by atoms with Gasteiger partial charge in [-0.2, -0.15) is 0 Å². The molecule has 0 bridgehead atoms. The second kappa shape index (κ2) is 14.1. The van der Waals surface area contributed by atoms with Crippen molar-refractivity contribution in [2.24, 2.45) is 5.92 Å². The fourth-order valence-electron chi connectivity index (χ4n) is 10.0. The van der Waals surface area contributed by atoms with Gasteiger partial charge < -0.3 is 29.7 Å². The van der Waals surface area contributed by atoms with Crippen LogP contribution in [0.1, 0.15) is 37.3 Å². The van der Waals surface area contributed by atoms with Crippen molar-refractivity contribution >= 4 is 53.7 Å². The molecule has 0 aromatic heterocycles. The molecule has 11 heteroatoms. The average Bonchev–Trinajstić information content (AvgIpc) is 3.73. The van der Waals surface area contributed by atoms with Gasteiger partial charge in [0.2, 0.25) is 0 Å². The van der Waals surface area contributed by atoms with Crippen molar-refractivity contribution in [3.8, 4) is 5.75 Å². The summed E-state index contributed by atoms with van der Waals surface area (Å²) >= 11 is 6.69. The van der Waals surface area contributed by atoms with E-state index in [9.17, 15) is 9.90 Å². The monoisotopic (exact) mass is 764 g/mol. The SMILES string of the molecule is COc1ccc([Si](C)(C)[C@H]2[C@H](CCO)O[C@@]3(C(=O)N(Cc4cccc(N5CN(c6ccccc6)C6(CCNCC6)C5=O)c4)c4ccc(Cl)cc43)[C@@H]2C)cc1. The maximum Gasteiger partial charge on any atom is 0.264 e. The van der Waals surface area contributed by atoms with Gasteiger partial charge in [-0.05, 0) is 98.1 Å². The van der Waals surface area contributed by atoms with Crippen LogP contribution in [0.25, 0.3) is 0 Å².